The van der Waals surface area contributed by atoms with Crippen LogP contribution in [0.15, 0.2) is 28.8 Å². The van der Waals surface area contributed by atoms with Crippen molar-refractivity contribution in [1.82, 2.24) is 10.5 Å². The average molecular weight is 302 g/mol. The van der Waals surface area contributed by atoms with Gasteiger partial charge < -0.3 is 19.3 Å². The molecule has 1 aliphatic rings. The molecule has 0 saturated carbocycles. The summed E-state index contributed by atoms with van der Waals surface area (Å²) in [5.74, 6) is 1.67. The Bertz CT molecular complexity index is 677. The van der Waals surface area contributed by atoms with Crippen LogP contribution in [0.1, 0.15) is 37.2 Å². The van der Waals surface area contributed by atoms with Gasteiger partial charge in [-0.15, -0.1) is 0 Å². The fourth-order valence-corrected chi connectivity index (χ4v) is 2.32. The molecule has 1 aromatic carbocycles. The van der Waals surface area contributed by atoms with Crippen LogP contribution in [0.3, 0.4) is 0 Å². The fourth-order valence-electron chi connectivity index (χ4n) is 2.32. The Labute approximate surface area is 128 Å². The van der Waals surface area contributed by atoms with Crippen LogP contribution in [-0.4, -0.2) is 23.9 Å². The Morgan fingerprint density at radius 1 is 1.23 bits per heavy atom. The van der Waals surface area contributed by atoms with E-state index in [1.165, 1.54) is 0 Å². The van der Waals surface area contributed by atoms with Gasteiger partial charge in [-0.1, -0.05) is 19.0 Å². The van der Waals surface area contributed by atoms with Crippen molar-refractivity contribution in [2.75, 3.05) is 6.79 Å². The first-order chi connectivity index (χ1) is 10.7. The Morgan fingerprint density at radius 2 is 2.00 bits per heavy atom. The maximum atomic E-state index is 12.1. The van der Waals surface area contributed by atoms with Gasteiger partial charge in [0.1, 0.15) is 0 Å². The molecule has 2 heterocycles. The molecule has 116 valence electrons. The number of amides is 1. The van der Waals surface area contributed by atoms with E-state index in [1.54, 1.807) is 6.07 Å². The number of hydrogen-bond donors (Lipinski definition) is 1. The maximum absolute atomic E-state index is 12.1. The van der Waals surface area contributed by atoms with E-state index in [1.807, 2.05) is 32.0 Å². The Balaban J connectivity index is 1.77. The summed E-state index contributed by atoms with van der Waals surface area (Å²) in [5, 5.41) is 6.78. The third-order valence-corrected chi connectivity index (χ3v) is 3.72. The van der Waals surface area contributed by atoms with E-state index >= 15 is 0 Å². The Morgan fingerprint density at radius 3 is 2.77 bits per heavy atom. The predicted octanol–water partition coefficient (Wildman–Crippen LogP) is 2.99. The number of aromatic nitrogens is 1. The Kier molecular flexibility index (Phi) is 4.00. The maximum Gasteiger partial charge on any atom is 0.273 e. The summed E-state index contributed by atoms with van der Waals surface area (Å²) in [7, 11) is 0. The zero-order valence-corrected chi connectivity index (χ0v) is 12.6. The van der Waals surface area contributed by atoms with Crippen LogP contribution in [0.25, 0.3) is 11.3 Å². The second kappa shape index (κ2) is 6.09. The molecule has 0 atom stereocenters. The largest absolute Gasteiger partial charge is 0.454 e. The van der Waals surface area contributed by atoms with Crippen LogP contribution in [0.4, 0.5) is 0 Å². The van der Waals surface area contributed by atoms with E-state index in [0.29, 0.717) is 17.3 Å². The number of rotatable bonds is 5. The first-order valence-corrected chi connectivity index (χ1v) is 7.38. The molecule has 0 fully saturated rings. The zero-order valence-electron chi connectivity index (χ0n) is 12.6. The number of fused-ring (bicyclic) bond motifs is 1. The number of nitrogens with one attached hydrogen (secondary N) is 1. The van der Waals surface area contributed by atoms with Gasteiger partial charge in [-0.2, -0.15) is 0 Å². The SMILES string of the molecule is CCC(CC)NC(=O)c1cc(-c2ccc3c(c2)OCO3)on1. The van der Waals surface area contributed by atoms with Crippen molar-refractivity contribution in [3.05, 3.63) is 30.0 Å². The van der Waals surface area contributed by atoms with Gasteiger partial charge in [0.15, 0.2) is 23.0 Å². The van der Waals surface area contributed by atoms with E-state index in [2.05, 4.69) is 10.5 Å². The van der Waals surface area contributed by atoms with Crippen LogP contribution in [0.5, 0.6) is 11.5 Å². The first-order valence-electron chi connectivity index (χ1n) is 7.38. The number of ether oxygens (including phenoxy) is 2. The highest BCUT2D eigenvalue weighted by Gasteiger charge is 2.19. The lowest BCUT2D eigenvalue weighted by atomic mass is 10.1. The van der Waals surface area contributed by atoms with Crippen LogP contribution in [-0.2, 0) is 0 Å². The second-order valence-electron chi connectivity index (χ2n) is 5.13. The monoisotopic (exact) mass is 302 g/mol. The zero-order chi connectivity index (χ0) is 15.5. The topological polar surface area (TPSA) is 73.6 Å². The molecule has 0 spiro atoms. The van der Waals surface area contributed by atoms with Crippen LogP contribution < -0.4 is 14.8 Å². The minimum Gasteiger partial charge on any atom is -0.454 e. The van der Waals surface area contributed by atoms with Crippen LogP contribution >= 0.6 is 0 Å². The van der Waals surface area contributed by atoms with E-state index < -0.39 is 0 Å². The molecular formula is C16H18N2O4. The van der Waals surface area contributed by atoms with Gasteiger partial charge >= 0.3 is 0 Å². The number of nitrogens with zero attached hydrogens (tertiary/aromatic N) is 1. The van der Waals surface area contributed by atoms with Gasteiger partial charge in [0.05, 0.1) is 0 Å². The van der Waals surface area contributed by atoms with Crippen molar-refractivity contribution in [3.63, 3.8) is 0 Å². The van der Waals surface area contributed by atoms with Crippen molar-refractivity contribution in [1.29, 1.82) is 0 Å². The van der Waals surface area contributed by atoms with Crippen molar-refractivity contribution >= 4 is 5.91 Å². The summed E-state index contributed by atoms with van der Waals surface area (Å²) >= 11 is 0. The molecule has 3 rings (SSSR count). The summed E-state index contributed by atoms with van der Waals surface area (Å²) in [6.45, 7) is 4.29. The third-order valence-electron chi connectivity index (χ3n) is 3.72. The lowest BCUT2D eigenvalue weighted by Gasteiger charge is -2.12. The number of carbonyl (C=O) groups excluding carboxylic acids is 1. The average Bonchev–Trinajstić information content (AvgIpc) is 3.20. The summed E-state index contributed by atoms with van der Waals surface area (Å²) in [6, 6.07) is 7.25. The van der Waals surface area contributed by atoms with Crippen LogP contribution in [0.2, 0.25) is 0 Å². The van der Waals surface area contributed by atoms with Crippen LogP contribution in [0, 0.1) is 0 Å². The number of carbonyl (C=O) groups is 1. The van der Waals surface area contributed by atoms with Gasteiger partial charge in [-0.05, 0) is 31.0 Å². The summed E-state index contributed by atoms with van der Waals surface area (Å²) in [5.41, 5.74) is 1.07. The lowest BCUT2D eigenvalue weighted by molar-refractivity contribution is 0.0925. The van der Waals surface area contributed by atoms with Crippen molar-refractivity contribution in [2.45, 2.75) is 32.7 Å². The van der Waals surface area contributed by atoms with E-state index in [0.717, 1.165) is 18.4 Å². The molecule has 22 heavy (non-hydrogen) atoms. The van der Waals surface area contributed by atoms with Gasteiger partial charge in [0, 0.05) is 17.7 Å². The normalized spacial score (nSPS) is 12.7. The van der Waals surface area contributed by atoms with E-state index in [-0.39, 0.29) is 24.4 Å². The van der Waals surface area contributed by atoms with Crippen molar-refractivity contribution in [3.8, 4) is 22.8 Å². The molecule has 1 amide bonds. The van der Waals surface area contributed by atoms with Crippen molar-refractivity contribution < 1.29 is 18.8 Å². The summed E-state index contributed by atoms with van der Waals surface area (Å²) < 4.78 is 15.9. The third kappa shape index (κ3) is 2.77. The molecule has 0 unspecified atom stereocenters. The molecule has 0 saturated heterocycles. The van der Waals surface area contributed by atoms with Gasteiger partial charge in [0.25, 0.3) is 5.91 Å². The highest BCUT2D eigenvalue weighted by atomic mass is 16.7. The molecule has 0 bridgehead atoms. The molecule has 6 heteroatoms. The van der Waals surface area contributed by atoms with Gasteiger partial charge in [0.2, 0.25) is 6.79 Å². The molecule has 1 aliphatic heterocycles. The molecular weight excluding hydrogens is 284 g/mol. The quantitative estimate of drug-likeness (QED) is 0.919. The summed E-state index contributed by atoms with van der Waals surface area (Å²) in [4.78, 5) is 12.1. The van der Waals surface area contributed by atoms with Crippen molar-refractivity contribution in [2.24, 2.45) is 0 Å². The summed E-state index contributed by atoms with van der Waals surface area (Å²) in [6.07, 6.45) is 1.77. The molecule has 6 nitrogen and oxygen atoms in total. The first kappa shape index (κ1) is 14.4. The Hall–Kier alpha value is -2.50. The predicted molar refractivity (Wildman–Crippen MR) is 79.9 cm³/mol. The molecule has 0 radical (unpaired) electrons. The highest BCUT2D eigenvalue weighted by Crippen LogP contribution is 2.35. The highest BCUT2D eigenvalue weighted by molar-refractivity contribution is 5.93. The fraction of sp³-hybridized carbons (Fsp3) is 0.375. The lowest BCUT2D eigenvalue weighted by Crippen LogP contribution is -2.33. The number of benzene rings is 1. The van der Waals surface area contributed by atoms with E-state index in [4.69, 9.17) is 14.0 Å². The van der Waals surface area contributed by atoms with E-state index in [9.17, 15) is 4.79 Å². The van der Waals surface area contributed by atoms with Gasteiger partial charge in [-0.3, -0.25) is 4.79 Å². The smallest absolute Gasteiger partial charge is 0.273 e. The molecule has 0 aliphatic carbocycles. The molecule has 1 aromatic heterocycles. The molecule has 2 aromatic rings. The standard InChI is InChI=1S/C16H18N2O4/c1-3-11(4-2)17-16(19)12-8-14(22-18-12)10-5-6-13-15(7-10)21-9-20-13/h5-8,11H,3-4,9H2,1-2H3,(H,17,19). The second-order valence-corrected chi connectivity index (χ2v) is 5.13. The minimum absolute atomic E-state index is 0.151. The molecule has 1 N–H and O–H groups in total. The number of hydrogen-bond acceptors (Lipinski definition) is 5. The van der Waals surface area contributed by atoms with Gasteiger partial charge in [-0.25, -0.2) is 0 Å². The minimum atomic E-state index is -0.218.